The largest absolute Gasteiger partial charge is 0.319 e. The second-order valence-electron chi connectivity index (χ2n) is 11.0. The third kappa shape index (κ3) is 4.62. The molecule has 0 radical (unpaired) electrons. The normalized spacial score (nSPS) is 17.8. The van der Waals surface area contributed by atoms with Crippen LogP contribution in [-0.4, -0.2) is 24.3 Å². The Morgan fingerprint density at radius 2 is 1.45 bits per heavy atom. The molecule has 7 rings (SSSR count). The molecule has 2 aliphatic carbocycles. The van der Waals surface area contributed by atoms with Gasteiger partial charge in [-0.15, -0.1) is 0 Å². The second kappa shape index (κ2) is 11.4. The summed E-state index contributed by atoms with van der Waals surface area (Å²) in [5.41, 5.74) is 5.35. The zero-order chi connectivity index (χ0) is 28.4. The molecule has 208 valence electrons. The van der Waals surface area contributed by atoms with E-state index in [-0.39, 0.29) is 0 Å². The summed E-state index contributed by atoms with van der Waals surface area (Å²) in [6, 6.07) is 32.1. The van der Waals surface area contributed by atoms with Gasteiger partial charge in [-0.25, -0.2) is 4.98 Å². The topological polar surface area (TPSA) is 51.4 Å². The molecule has 0 aliphatic heterocycles. The molecule has 0 saturated carbocycles. The van der Waals surface area contributed by atoms with E-state index in [9.17, 15) is 0 Å². The number of benzene rings is 3. The van der Waals surface area contributed by atoms with Crippen molar-refractivity contribution in [2.75, 3.05) is 0 Å². The quantitative estimate of drug-likeness (QED) is 0.146. The second-order valence-corrected chi connectivity index (χ2v) is 11.4. The van der Waals surface area contributed by atoms with Crippen molar-refractivity contribution in [1.29, 1.82) is 0 Å². The smallest absolute Gasteiger partial charge is 0.195 e. The molecule has 0 spiro atoms. The number of H-pyrrole nitrogens is 1. The van der Waals surface area contributed by atoms with E-state index in [0.29, 0.717) is 16.6 Å². The predicted octanol–water partition coefficient (Wildman–Crippen LogP) is 7.76. The van der Waals surface area contributed by atoms with Crippen LogP contribution in [0.2, 0.25) is 0 Å². The average Bonchev–Trinajstić information content (AvgIpc) is 3.79. The Balaban J connectivity index is 1.19. The lowest BCUT2D eigenvalue weighted by atomic mass is 9.77. The molecule has 3 aromatic carbocycles. The average molecular weight is 568 g/mol. The number of rotatable bonds is 9. The third-order valence-corrected chi connectivity index (χ3v) is 8.96. The number of fused-ring (bicyclic) bond motifs is 1. The molecular formula is C36H33N5S. The SMILES string of the molecule is S=c1[nH]nc(C2=CCC3C=CC=CC23)n1CCCc1cn(C(c2ccccc2)(c2ccccc2)c2ccccc2)cn1. The van der Waals surface area contributed by atoms with Crippen molar-refractivity contribution in [1.82, 2.24) is 24.3 Å². The van der Waals surface area contributed by atoms with Crippen molar-refractivity contribution in [2.45, 2.75) is 31.3 Å². The highest BCUT2D eigenvalue weighted by molar-refractivity contribution is 7.71. The van der Waals surface area contributed by atoms with Gasteiger partial charge in [-0.2, -0.15) is 5.10 Å². The molecule has 2 aliphatic rings. The van der Waals surface area contributed by atoms with Gasteiger partial charge >= 0.3 is 0 Å². The van der Waals surface area contributed by atoms with Crippen LogP contribution >= 0.6 is 12.2 Å². The highest BCUT2D eigenvalue weighted by Gasteiger charge is 2.38. The summed E-state index contributed by atoms with van der Waals surface area (Å²) in [6.45, 7) is 0.785. The number of hydrogen-bond acceptors (Lipinski definition) is 3. The van der Waals surface area contributed by atoms with Gasteiger partial charge in [0.25, 0.3) is 0 Å². The monoisotopic (exact) mass is 567 g/mol. The van der Waals surface area contributed by atoms with Gasteiger partial charge in [-0.3, -0.25) is 5.10 Å². The van der Waals surface area contributed by atoms with E-state index in [0.717, 1.165) is 37.3 Å². The van der Waals surface area contributed by atoms with Gasteiger partial charge < -0.3 is 9.13 Å². The maximum absolute atomic E-state index is 5.67. The summed E-state index contributed by atoms with van der Waals surface area (Å²) in [5, 5.41) is 7.70. The van der Waals surface area contributed by atoms with E-state index in [2.05, 4.69) is 147 Å². The highest BCUT2D eigenvalue weighted by atomic mass is 32.1. The van der Waals surface area contributed by atoms with Crippen molar-refractivity contribution in [3.05, 3.63) is 167 Å². The van der Waals surface area contributed by atoms with Crippen LogP contribution in [0.25, 0.3) is 5.57 Å². The molecule has 2 atom stereocenters. The first-order valence-electron chi connectivity index (χ1n) is 14.7. The van der Waals surface area contributed by atoms with Crippen LogP contribution in [0.5, 0.6) is 0 Å². The van der Waals surface area contributed by atoms with Crippen molar-refractivity contribution in [2.24, 2.45) is 11.8 Å². The molecule has 1 N–H and O–H groups in total. The number of allylic oxidation sites excluding steroid dienone is 6. The van der Waals surface area contributed by atoms with Crippen LogP contribution in [-0.2, 0) is 18.5 Å². The molecule has 5 nitrogen and oxygen atoms in total. The first-order valence-corrected chi connectivity index (χ1v) is 15.1. The van der Waals surface area contributed by atoms with Gasteiger partial charge in [-0.1, -0.05) is 121 Å². The van der Waals surface area contributed by atoms with E-state index >= 15 is 0 Å². The van der Waals surface area contributed by atoms with Crippen LogP contribution < -0.4 is 0 Å². The van der Waals surface area contributed by atoms with Crippen LogP contribution in [0.15, 0.2) is 134 Å². The zero-order valence-corrected chi connectivity index (χ0v) is 24.2. The number of aromatic amines is 1. The van der Waals surface area contributed by atoms with Crippen molar-refractivity contribution >= 4 is 17.8 Å². The van der Waals surface area contributed by atoms with Crippen LogP contribution in [0.3, 0.4) is 0 Å². The molecule has 2 aromatic heterocycles. The standard InChI is InChI=1S/C36H33N5S/c42-35-39-38-34(33-23-22-27-13-10-11-21-32(27)33)41(35)24-12-20-31-25-40(26-37-31)36(28-14-4-1-5-15-28,29-16-6-2-7-17-29)30-18-8-3-9-19-30/h1-11,13-19,21,23,25-27,32H,12,20,22,24H2,(H,39,42). The van der Waals surface area contributed by atoms with Crippen molar-refractivity contribution in [3.63, 3.8) is 0 Å². The number of hydrogen-bond donors (Lipinski definition) is 1. The first kappa shape index (κ1) is 26.4. The summed E-state index contributed by atoms with van der Waals surface area (Å²) in [4.78, 5) is 4.93. The van der Waals surface area contributed by atoms with E-state index in [1.54, 1.807) is 0 Å². The van der Waals surface area contributed by atoms with Crippen molar-refractivity contribution in [3.8, 4) is 0 Å². The Bertz CT molecular complexity index is 1710. The molecule has 2 unspecified atom stereocenters. The lowest BCUT2D eigenvalue weighted by Gasteiger charge is -2.37. The maximum atomic E-state index is 5.67. The molecule has 0 bridgehead atoms. The number of aromatic nitrogens is 5. The molecule has 2 heterocycles. The minimum atomic E-state index is -0.553. The zero-order valence-electron chi connectivity index (χ0n) is 23.4. The Morgan fingerprint density at radius 3 is 2.10 bits per heavy atom. The van der Waals surface area contributed by atoms with E-state index in [1.165, 1.54) is 22.3 Å². The Labute approximate surface area is 251 Å². The van der Waals surface area contributed by atoms with Gasteiger partial charge in [0, 0.05) is 24.2 Å². The fourth-order valence-electron chi connectivity index (χ4n) is 6.68. The van der Waals surface area contributed by atoms with Crippen LogP contribution in [0.1, 0.15) is 41.1 Å². The van der Waals surface area contributed by atoms with Crippen LogP contribution in [0, 0.1) is 16.6 Å². The number of nitrogens with zero attached hydrogens (tertiary/aromatic N) is 4. The summed E-state index contributed by atoms with van der Waals surface area (Å²) < 4.78 is 5.12. The van der Waals surface area contributed by atoms with Crippen molar-refractivity contribution < 1.29 is 0 Å². The van der Waals surface area contributed by atoms with Gasteiger partial charge in [-0.05, 0) is 54.1 Å². The maximum Gasteiger partial charge on any atom is 0.195 e. The van der Waals surface area contributed by atoms with E-state index in [4.69, 9.17) is 17.2 Å². The summed E-state index contributed by atoms with van der Waals surface area (Å²) >= 11 is 5.67. The fourth-order valence-corrected chi connectivity index (χ4v) is 6.90. The Hall–Kier alpha value is -4.55. The molecule has 5 aromatic rings. The lowest BCUT2D eigenvalue weighted by molar-refractivity contribution is 0.514. The third-order valence-electron chi connectivity index (χ3n) is 8.65. The van der Waals surface area contributed by atoms with Gasteiger partial charge in [0.1, 0.15) is 5.54 Å². The summed E-state index contributed by atoms with van der Waals surface area (Å²) in [6.07, 6.45) is 18.2. The molecule has 0 saturated heterocycles. The first-order chi connectivity index (χ1) is 20.7. The van der Waals surface area contributed by atoms with Crippen LogP contribution in [0.4, 0.5) is 0 Å². The number of nitrogens with one attached hydrogen (secondary N) is 1. The highest BCUT2D eigenvalue weighted by Crippen LogP contribution is 2.42. The minimum absolute atomic E-state index is 0.372. The number of imidazole rings is 1. The van der Waals surface area contributed by atoms with Gasteiger partial charge in [0.15, 0.2) is 10.6 Å². The fraction of sp³-hybridized carbons (Fsp3) is 0.194. The van der Waals surface area contributed by atoms with E-state index in [1.807, 2.05) is 6.33 Å². The predicted molar refractivity (Wildman–Crippen MR) is 170 cm³/mol. The molecule has 42 heavy (non-hydrogen) atoms. The van der Waals surface area contributed by atoms with Gasteiger partial charge in [0.05, 0.1) is 12.0 Å². The molecular weight excluding hydrogens is 534 g/mol. The van der Waals surface area contributed by atoms with E-state index < -0.39 is 5.54 Å². The summed E-state index contributed by atoms with van der Waals surface area (Å²) in [5.74, 6) is 1.86. The lowest BCUT2D eigenvalue weighted by Crippen LogP contribution is -2.36. The summed E-state index contributed by atoms with van der Waals surface area (Å²) in [7, 11) is 0. The Kier molecular flexibility index (Phi) is 7.14. The molecule has 6 heteroatoms. The number of aryl methyl sites for hydroxylation is 1. The minimum Gasteiger partial charge on any atom is -0.319 e. The van der Waals surface area contributed by atoms with Gasteiger partial charge in [0.2, 0.25) is 0 Å². The molecule has 0 fully saturated rings. The molecule has 0 amide bonds. The Morgan fingerprint density at radius 1 is 0.833 bits per heavy atom.